The van der Waals surface area contributed by atoms with Gasteiger partial charge in [0.25, 0.3) is 0 Å². The van der Waals surface area contributed by atoms with E-state index in [0.29, 0.717) is 5.02 Å². The summed E-state index contributed by atoms with van der Waals surface area (Å²) in [4.78, 5) is 0. The second-order valence-electron chi connectivity index (χ2n) is 3.27. The summed E-state index contributed by atoms with van der Waals surface area (Å²) in [5, 5.41) is 13.5. The summed E-state index contributed by atoms with van der Waals surface area (Å²) in [5.41, 5.74) is 7.05. The molecular formula is C10H12BrClN4S. The van der Waals surface area contributed by atoms with Gasteiger partial charge < -0.3 is 16.4 Å². The number of benzene rings is 1. The van der Waals surface area contributed by atoms with Crippen molar-refractivity contribution in [3.05, 3.63) is 27.2 Å². The number of thiocarbonyl (C=S) groups is 1. The summed E-state index contributed by atoms with van der Waals surface area (Å²) in [6, 6.07) is 3.64. The number of halogens is 2. The molecule has 0 spiro atoms. The van der Waals surface area contributed by atoms with E-state index in [2.05, 4.69) is 26.6 Å². The Labute approximate surface area is 119 Å². The highest BCUT2D eigenvalue weighted by Crippen LogP contribution is 2.30. The van der Waals surface area contributed by atoms with Crippen LogP contribution in [-0.2, 0) is 6.42 Å². The topological polar surface area (TPSA) is 73.9 Å². The van der Waals surface area contributed by atoms with E-state index < -0.39 is 0 Å². The molecule has 5 N–H and O–H groups in total. The Balaban J connectivity index is 2.97. The third kappa shape index (κ3) is 4.14. The summed E-state index contributed by atoms with van der Waals surface area (Å²) in [6.45, 7) is 2.02. The molecule has 0 saturated carbocycles. The number of hydrogen-bond donors (Lipinski definition) is 4. The number of nitrogens with one attached hydrogen (secondary N) is 3. The van der Waals surface area contributed by atoms with Gasteiger partial charge in [-0.15, -0.1) is 0 Å². The SMILES string of the molecule is CCc1cc(Cl)cc(Br)c1NC(=S)NC(=N)N. The lowest BCUT2D eigenvalue weighted by Crippen LogP contribution is -2.38. The molecule has 1 aromatic rings. The largest absolute Gasteiger partial charge is 0.370 e. The van der Waals surface area contributed by atoms with E-state index in [1.807, 2.05) is 13.0 Å². The Bertz CT molecular complexity index is 464. The summed E-state index contributed by atoms with van der Waals surface area (Å²) in [6.07, 6.45) is 0.810. The van der Waals surface area contributed by atoms with Crippen molar-refractivity contribution in [2.45, 2.75) is 13.3 Å². The van der Waals surface area contributed by atoms with Gasteiger partial charge in [-0.05, 0) is 52.3 Å². The normalized spacial score (nSPS) is 9.82. The summed E-state index contributed by atoms with van der Waals surface area (Å²) in [5.74, 6) is -0.203. The Morgan fingerprint density at radius 1 is 1.59 bits per heavy atom. The molecule has 0 unspecified atom stereocenters. The van der Waals surface area contributed by atoms with Crippen LogP contribution in [0.1, 0.15) is 12.5 Å². The van der Waals surface area contributed by atoms with Crippen molar-refractivity contribution in [2.75, 3.05) is 5.32 Å². The molecule has 7 heteroatoms. The predicted molar refractivity (Wildman–Crippen MR) is 79.8 cm³/mol. The molecule has 0 amide bonds. The molecule has 1 aromatic carbocycles. The van der Waals surface area contributed by atoms with Gasteiger partial charge in [0.1, 0.15) is 0 Å². The molecule has 4 nitrogen and oxygen atoms in total. The Hall–Kier alpha value is -0.850. The lowest BCUT2D eigenvalue weighted by Gasteiger charge is -2.14. The second kappa shape index (κ2) is 6.18. The van der Waals surface area contributed by atoms with Gasteiger partial charge in [-0.3, -0.25) is 5.41 Å². The van der Waals surface area contributed by atoms with Crippen molar-refractivity contribution in [3.8, 4) is 0 Å². The van der Waals surface area contributed by atoms with Crippen molar-refractivity contribution >= 4 is 56.5 Å². The maximum Gasteiger partial charge on any atom is 0.192 e. The van der Waals surface area contributed by atoms with Crippen LogP contribution >= 0.6 is 39.7 Å². The van der Waals surface area contributed by atoms with Gasteiger partial charge in [-0.25, -0.2) is 0 Å². The molecule has 0 aliphatic rings. The minimum Gasteiger partial charge on any atom is -0.370 e. The fourth-order valence-electron chi connectivity index (χ4n) is 1.31. The van der Waals surface area contributed by atoms with Crippen LogP contribution in [0.4, 0.5) is 5.69 Å². The molecule has 0 radical (unpaired) electrons. The lowest BCUT2D eigenvalue weighted by molar-refractivity contribution is 1.14. The monoisotopic (exact) mass is 334 g/mol. The Morgan fingerprint density at radius 2 is 2.24 bits per heavy atom. The van der Waals surface area contributed by atoms with E-state index in [0.717, 1.165) is 22.1 Å². The maximum atomic E-state index is 7.08. The van der Waals surface area contributed by atoms with Crippen LogP contribution in [0.3, 0.4) is 0 Å². The molecule has 0 aromatic heterocycles. The highest BCUT2D eigenvalue weighted by atomic mass is 79.9. The van der Waals surface area contributed by atoms with E-state index in [-0.39, 0.29) is 11.1 Å². The average molecular weight is 336 g/mol. The van der Waals surface area contributed by atoms with Gasteiger partial charge in [0.15, 0.2) is 11.1 Å². The van der Waals surface area contributed by atoms with Gasteiger partial charge in [0.2, 0.25) is 0 Å². The third-order valence-electron chi connectivity index (χ3n) is 2.00. The molecule has 0 bridgehead atoms. The number of anilines is 1. The van der Waals surface area contributed by atoms with Crippen LogP contribution in [-0.4, -0.2) is 11.1 Å². The van der Waals surface area contributed by atoms with Gasteiger partial charge in [-0.1, -0.05) is 18.5 Å². The zero-order valence-corrected chi connectivity index (χ0v) is 12.3. The number of guanidine groups is 1. The molecule has 17 heavy (non-hydrogen) atoms. The minimum absolute atomic E-state index is 0.203. The van der Waals surface area contributed by atoms with Crippen molar-refractivity contribution in [2.24, 2.45) is 5.73 Å². The van der Waals surface area contributed by atoms with E-state index in [4.69, 9.17) is 35.0 Å². The second-order valence-corrected chi connectivity index (χ2v) is 4.97. The van der Waals surface area contributed by atoms with Crippen molar-refractivity contribution in [1.29, 1.82) is 5.41 Å². The van der Waals surface area contributed by atoms with Gasteiger partial charge in [0.05, 0.1) is 5.69 Å². The zero-order valence-electron chi connectivity index (χ0n) is 9.10. The highest BCUT2D eigenvalue weighted by molar-refractivity contribution is 9.10. The fraction of sp³-hybridized carbons (Fsp3) is 0.200. The number of nitrogens with two attached hydrogens (primary N) is 1. The number of aryl methyl sites for hydroxylation is 1. The molecule has 0 aliphatic heterocycles. The van der Waals surface area contributed by atoms with E-state index >= 15 is 0 Å². The number of hydrogen-bond acceptors (Lipinski definition) is 2. The summed E-state index contributed by atoms with van der Waals surface area (Å²) >= 11 is 14.4. The van der Waals surface area contributed by atoms with E-state index in [1.165, 1.54) is 0 Å². The maximum absolute atomic E-state index is 7.08. The molecule has 92 valence electrons. The van der Waals surface area contributed by atoms with Crippen molar-refractivity contribution in [1.82, 2.24) is 5.32 Å². The third-order valence-corrected chi connectivity index (χ3v) is 3.05. The molecular weight excluding hydrogens is 324 g/mol. The first kappa shape index (κ1) is 14.2. The van der Waals surface area contributed by atoms with Crippen molar-refractivity contribution < 1.29 is 0 Å². The van der Waals surface area contributed by atoms with Gasteiger partial charge >= 0.3 is 0 Å². The van der Waals surface area contributed by atoms with Gasteiger partial charge in [0, 0.05) is 9.50 Å². The van der Waals surface area contributed by atoms with Crippen LogP contribution in [0, 0.1) is 5.41 Å². The first-order valence-corrected chi connectivity index (χ1v) is 6.42. The smallest absolute Gasteiger partial charge is 0.192 e. The van der Waals surface area contributed by atoms with E-state index in [1.54, 1.807) is 6.07 Å². The quantitative estimate of drug-likeness (QED) is 0.381. The van der Waals surface area contributed by atoms with Crippen LogP contribution in [0.25, 0.3) is 0 Å². The molecule has 0 atom stereocenters. The molecule has 0 heterocycles. The summed E-state index contributed by atoms with van der Waals surface area (Å²) < 4.78 is 0.814. The average Bonchev–Trinajstić information content (AvgIpc) is 2.20. The van der Waals surface area contributed by atoms with Crippen molar-refractivity contribution in [3.63, 3.8) is 0 Å². The minimum atomic E-state index is -0.203. The molecule has 0 aliphatic carbocycles. The molecule has 0 saturated heterocycles. The Morgan fingerprint density at radius 3 is 2.76 bits per heavy atom. The van der Waals surface area contributed by atoms with E-state index in [9.17, 15) is 0 Å². The van der Waals surface area contributed by atoms with Crippen LogP contribution in [0.5, 0.6) is 0 Å². The number of rotatable bonds is 2. The van der Waals surface area contributed by atoms with Crippen LogP contribution in [0.2, 0.25) is 5.02 Å². The van der Waals surface area contributed by atoms with Crippen LogP contribution in [0.15, 0.2) is 16.6 Å². The first-order chi connectivity index (χ1) is 7.93. The zero-order chi connectivity index (χ0) is 13.0. The first-order valence-electron chi connectivity index (χ1n) is 4.84. The lowest BCUT2D eigenvalue weighted by atomic mass is 10.1. The standard InChI is InChI=1S/C10H12BrClN4S/c1-2-5-3-6(12)4-7(11)8(5)15-10(17)16-9(13)14/h3-4H,2H2,1H3,(H5,13,14,15,16,17). The Kier molecular flexibility index (Phi) is 5.17. The van der Waals surface area contributed by atoms with Crippen LogP contribution < -0.4 is 16.4 Å². The van der Waals surface area contributed by atoms with Gasteiger partial charge in [-0.2, -0.15) is 0 Å². The summed E-state index contributed by atoms with van der Waals surface area (Å²) in [7, 11) is 0. The highest BCUT2D eigenvalue weighted by Gasteiger charge is 2.09. The predicted octanol–water partition coefficient (Wildman–Crippen LogP) is 2.84. The fourth-order valence-corrected chi connectivity index (χ4v) is 2.50. The molecule has 1 rings (SSSR count). The molecule has 0 fully saturated rings.